The SMILES string of the molecule is Cc1cc(C)c(Oc2nc(-c3cnc(C(C)C)nc3)ccc2C(=O)NS(=O)(=O)c2cccc(C)n2)c(C)c1. The molecule has 1 N–H and O–H groups in total. The molecule has 3 aromatic heterocycles. The predicted octanol–water partition coefficient (Wildman–Crippen LogP) is 5.20. The summed E-state index contributed by atoms with van der Waals surface area (Å²) in [5.74, 6) is 0.455. The average Bonchev–Trinajstić information content (AvgIpc) is 2.86. The van der Waals surface area contributed by atoms with Crippen molar-refractivity contribution in [1.82, 2.24) is 24.7 Å². The molecule has 0 fully saturated rings. The van der Waals surface area contributed by atoms with Gasteiger partial charge in [-0.3, -0.25) is 4.79 Å². The Bertz CT molecular complexity index is 1590. The fourth-order valence-corrected chi connectivity index (χ4v) is 4.92. The van der Waals surface area contributed by atoms with E-state index in [4.69, 9.17) is 4.74 Å². The molecule has 1 amide bonds. The van der Waals surface area contributed by atoms with Gasteiger partial charge < -0.3 is 4.74 Å². The molecule has 4 rings (SSSR count). The maximum atomic E-state index is 13.3. The molecule has 0 aliphatic rings. The van der Waals surface area contributed by atoms with Crippen LogP contribution in [0.2, 0.25) is 0 Å². The monoisotopic (exact) mass is 531 g/mol. The van der Waals surface area contributed by atoms with Crippen molar-refractivity contribution in [3.8, 4) is 22.9 Å². The molecule has 0 spiro atoms. The number of aromatic nitrogens is 4. The fraction of sp³-hybridized carbons (Fsp3) is 0.250. The van der Waals surface area contributed by atoms with Crippen molar-refractivity contribution < 1.29 is 17.9 Å². The van der Waals surface area contributed by atoms with Crippen LogP contribution in [0.15, 0.2) is 59.9 Å². The largest absolute Gasteiger partial charge is 0.438 e. The summed E-state index contributed by atoms with van der Waals surface area (Å²) in [6, 6.07) is 11.5. The topological polar surface area (TPSA) is 124 Å². The van der Waals surface area contributed by atoms with Crippen LogP contribution in [-0.4, -0.2) is 34.3 Å². The highest BCUT2D eigenvalue weighted by molar-refractivity contribution is 7.90. The van der Waals surface area contributed by atoms with E-state index in [-0.39, 0.29) is 22.4 Å². The third-order valence-corrected chi connectivity index (χ3v) is 6.99. The lowest BCUT2D eigenvalue weighted by Gasteiger charge is -2.16. The second kappa shape index (κ2) is 10.7. The van der Waals surface area contributed by atoms with Gasteiger partial charge >= 0.3 is 0 Å². The van der Waals surface area contributed by atoms with Crippen molar-refractivity contribution in [2.45, 2.75) is 52.5 Å². The van der Waals surface area contributed by atoms with Crippen molar-refractivity contribution in [3.05, 3.63) is 88.6 Å². The van der Waals surface area contributed by atoms with E-state index in [1.54, 1.807) is 37.5 Å². The lowest BCUT2D eigenvalue weighted by molar-refractivity contribution is 0.0978. The Balaban J connectivity index is 1.77. The van der Waals surface area contributed by atoms with Crippen LogP contribution in [-0.2, 0) is 10.0 Å². The summed E-state index contributed by atoms with van der Waals surface area (Å²) in [6.07, 6.45) is 3.31. The van der Waals surface area contributed by atoms with Crippen molar-refractivity contribution in [2.24, 2.45) is 0 Å². The molecule has 196 valence electrons. The Kier molecular flexibility index (Phi) is 7.54. The zero-order valence-electron chi connectivity index (χ0n) is 22.1. The van der Waals surface area contributed by atoms with E-state index < -0.39 is 15.9 Å². The molecule has 10 heteroatoms. The molecule has 0 unspecified atom stereocenters. The van der Waals surface area contributed by atoms with Gasteiger partial charge in [0, 0.05) is 29.6 Å². The predicted molar refractivity (Wildman–Crippen MR) is 144 cm³/mol. The van der Waals surface area contributed by atoms with Crippen LogP contribution >= 0.6 is 0 Å². The molecule has 0 radical (unpaired) electrons. The van der Waals surface area contributed by atoms with Gasteiger partial charge in [0.2, 0.25) is 5.88 Å². The van der Waals surface area contributed by atoms with E-state index in [1.807, 2.05) is 46.8 Å². The van der Waals surface area contributed by atoms with E-state index in [9.17, 15) is 13.2 Å². The first-order valence-corrected chi connectivity index (χ1v) is 13.5. The van der Waals surface area contributed by atoms with E-state index >= 15 is 0 Å². The molecule has 0 bridgehead atoms. The van der Waals surface area contributed by atoms with Gasteiger partial charge in [-0.15, -0.1) is 0 Å². The second-order valence-electron chi connectivity index (χ2n) is 9.42. The first-order valence-electron chi connectivity index (χ1n) is 12.0. The van der Waals surface area contributed by atoms with E-state index in [0.717, 1.165) is 16.7 Å². The van der Waals surface area contributed by atoms with Crippen molar-refractivity contribution >= 4 is 15.9 Å². The maximum Gasteiger partial charge on any atom is 0.281 e. The van der Waals surface area contributed by atoms with Crippen LogP contribution in [0.4, 0.5) is 0 Å². The van der Waals surface area contributed by atoms with E-state index in [1.165, 1.54) is 12.1 Å². The third-order valence-electron chi connectivity index (χ3n) is 5.76. The number of nitrogens with one attached hydrogen (secondary N) is 1. The van der Waals surface area contributed by atoms with Gasteiger partial charge in [0.25, 0.3) is 15.9 Å². The standard InChI is InChI=1S/C28H29N5O4S/c1-16(2)26-29-14-21(15-30-26)23-11-10-22(27(34)33-38(35,36)24-9-7-8-20(6)31-24)28(32-23)37-25-18(4)12-17(3)13-19(25)5/h7-16H,1-6H3,(H,33,34). The number of ether oxygens (including phenoxy) is 1. The molecule has 3 heterocycles. The normalized spacial score (nSPS) is 11.4. The number of benzene rings is 1. The zero-order valence-corrected chi connectivity index (χ0v) is 22.9. The Morgan fingerprint density at radius 3 is 2.18 bits per heavy atom. The van der Waals surface area contributed by atoms with Crippen molar-refractivity contribution in [1.29, 1.82) is 0 Å². The van der Waals surface area contributed by atoms with Crippen LogP contribution in [0.5, 0.6) is 11.6 Å². The Labute approximate surface area is 222 Å². The zero-order chi connectivity index (χ0) is 27.6. The highest BCUT2D eigenvalue weighted by Gasteiger charge is 2.25. The Morgan fingerprint density at radius 2 is 1.58 bits per heavy atom. The number of carbonyl (C=O) groups is 1. The molecule has 4 aromatic rings. The minimum atomic E-state index is -4.23. The summed E-state index contributed by atoms with van der Waals surface area (Å²) in [4.78, 5) is 30.7. The van der Waals surface area contributed by atoms with Gasteiger partial charge in [-0.1, -0.05) is 37.6 Å². The number of carbonyl (C=O) groups excluding carboxylic acids is 1. The van der Waals surface area contributed by atoms with E-state index in [0.29, 0.717) is 28.5 Å². The maximum absolute atomic E-state index is 13.3. The van der Waals surface area contributed by atoms with Crippen LogP contribution in [0.1, 0.15) is 58.3 Å². The number of pyridine rings is 2. The fourth-order valence-electron chi connectivity index (χ4n) is 3.94. The minimum absolute atomic E-state index is 0.0459. The lowest BCUT2D eigenvalue weighted by atomic mass is 10.1. The molecular formula is C28H29N5O4S. The highest BCUT2D eigenvalue weighted by Crippen LogP contribution is 2.32. The number of hydrogen-bond acceptors (Lipinski definition) is 8. The van der Waals surface area contributed by atoms with Crippen molar-refractivity contribution in [2.75, 3.05) is 0 Å². The lowest BCUT2D eigenvalue weighted by Crippen LogP contribution is -2.31. The number of aryl methyl sites for hydroxylation is 4. The van der Waals surface area contributed by atoms with E-state index in [2.05, 4.69) is 24.7 Å². The molecule has 0 saturated heterocycles. The molecule has 9 nitrogen and oxygen atoms in total. The Hall–Kier alpha value is -4.18. The molecule has 0 aliphatic carbocycles. The van der Waals surface area contributed by atoms with Crippen LogP contribution in [0.3, 0.4) is 0 Å². The summed E-state index contributed by atoms with van der Waals surface area (Å²) in [5, 5.41) is -0.259. The molecule has 0 atom stereocenters. The van der Waals surface area contributed by atoms with Gasteiger partial charge in [0.15, 0.2) is 5.03 Å². The first kappa shape index (κ1) is 26.9. The minimum Gasteiger partial charge on any atom is -0.438 e. The summed E-state index contributed by atoms with van der Waals surface area (Å²) < 4.78 is 34.0. The van der Waals surface area contributed by atoms with Gasteiger partial charge in [-0.25, -0.2) is 24.7 Å². The van der Waals surface area contributed by atoms with Gasteiger partial charge in [0.1, 0.15) is 17.1 Å². The molecular weight excluding hydrogens is 502 g/mol. The number of rotatable bonds is 7. The van der Waals surface area contributed by atoms with Crippen LogP contribution < -0.4 is 9.46 Å². The summed E-state index contributed by atoms with van der Waals surface area (Å²) >= 11 is 0. The summed E-state index contributed by atoms with van der Waals surface area (Å²) in [7, 11) is -4.23. The van der Waals surface area contributed by atoms with Crippen molar-refractivity contribution in [3.63, 3.8) is 0 Å². The number of nitrogens with zero attached hydrogens (tertiary/aromatic N) is 4. The number of hydrogen-bond donors (Lipinski definition) is 1. The number of sulfonamides is 1. The average molecular weight is 532 g/mol. The molecule has 0 aliphatic heterocycles. The molecule has 1 aromatic carbocycles. The quantitative estimate of drug-likeness (QED) is 0.345. The molecule has 38 heavy (non-hydrogen) atoms. The summed E-state index contributed by atoms with van der Waals surface area (Å²) in [5.41, 5.74) is 4.31. The summed E-state index contributed by atoms with van der Waals surface area (Å²) in [6.45, 7) is 11.4. The van der Waals surface area contributed by atoms with Gasteiger partial charge in [0.05, 0.1) is 5.69 Å². The third kappa shape index (κ3) is 5.86. The number of amides is 1. The smallest absolute Gasteiger partial charge is 0.281 e. The Morgan fingerprint density at radius 1 is 0.921 bits per heavy atom. The second-order valence-corrected chi connectivity index (χ2v) is 11.0. The van der Waals surface area contributed by atoms with Gasteiger partial charge in [-0.05, 0) is 63.1 Å². The van der Waals surface area contributed by atoms with Crippen LogP contribution in [0.25, 0.3) is 11.3 Å². The molecule has 0 saturated carbocycles. The van der Waals surface area contributed by atoms with Crippen LogP contribution in [0, 0.1) is 27.7 Å². The van der Waals surface area contributed by atoms with Gasteiger partial charge in [-0.2, -0.15) is 8.42 Å². The first-order chi connectivity index (χ1) is 17.9. The highest BCUT2D eigenvalue weighted by atomic mass is 32.2.